The number of aliphatic imine (C=N–C) groups is 1. The summed E-state index contributed by atoms with van der Waals surface area (Å²) in [4.78, 5) is 9.44. The lowest BCUT2D eigenvalue weighted by atomic mass is 9.96. The molecule has 0 saturated carbocycles. The molecule has 0 amide bonds. The fourth-order valence-electron chi connectivity index (χ4n) is 3.56. The van der Waals surface area contributed by atoms with Gasteiger partial charge in [0.1, 0.15) is 0 Å². The van der Waals surface area contributed by atoms with Crippen molar-refractivity contribution in [2.24, 2.45) is 4.99 Å². The second-order valence-electron chi connectivity index (χ2n) is 8.00. The Balaban J connectivity index is 0.00000480. The number of hydrogen-bond donors (Lipinski definition) is 2. The minimum absolute atomic E-state index is 0. The Hall–Kier alpha value is -1.07. The molecule has 178 valence electrons. The van der Waals surface area contributed by atoms with Gasteiger partial charge in [-0.15, -0.1) is 24.0 Å². The first-order valence-electron chi connectivity index (χ1n) is 10.9. The van der Waals surface area contributed by atoms with Crippen molar-refractivity contribution in [3.05, 3.63) is 35.4 Å². The van der Waals surface area contributed by atoms with Crippen molar-refractivity contribution < 1.29 is 13.2 Å². The average Bonchev–Trinajstić information content (AvgIpc) is 2.91. The van der Waals surface area contributed by atoms with E-state index in [9.17, 15) is 13.2 Å². The number of alkyl halides is 3. The average molecular weight is 555 g/mol. The fraction of sp³-hybridized carbons (Fsp3) is 0.682. The number of rotatable bonds is 8. The van der Waals surface area contributed by atoms with E-state index in [2.05, 4.69) is 32.5 Å². The highest BCUT2D eigenvalue weighted by atomic mass is 127. The van der Waals surface area contributed by atoms with Gasteiger partial charge in [-0.3, -0.25) is 4.99 Å². The monoisotopic (exact) mass is 555 g/mol. The Labute approximate surface area is 201 Å². The van der Waals surface area contributed by atoms with Crippen molar-refractivity contribution in [3.8, 4) is 0 Å². The summed E-state index contributed by atoms with van der Waals surface area (Å²) in [7, 11) is 2.16. The second-order valence-corrected chi connectivity index (χ2v) is 8.00. The molecule has 0 spiro atoms. The first kappa shape index (κ1) is 28.0. The molecule has 1 atom stereocenters. The topological polar surface area (TPSA) is 42.9 Å². The summed E-state index contributed by atoms with van der Waals surface area (Å²) in [6.07, 6.45) is -2.42. The molecule has 2 rings (SSSR count). The highest BCUT2D eigenvalue weighted by Gasteiger charge is 2.30. The van der Waals surface area contributed by atoms with Gasteiger partial charge in [0.2, 0.25) is 0 Å². The Morgan fingerprint density at radius 1 is 1.16 bits per heavy atom. The highest BCUT2D eigenvalue weighted by molar-refractivity contribution is 14.0. The van der Waals surface area contributed by atoms with Gasteiger partial charge in [-0.1, -0.05) is 25.1 Å². The molecule has 1 aromatic carbocycles. The Morgan fingerprint density at radius 2 is 1.94 bits per heavy atom. The molecule has 31 heavy (non-hydrogen) atoms. The zero-order valence-corrected chi connectivity index (χ0v) is 21.2. The van der Waals surface area contributed by atoms with Gasteiger partial charge in [-0.25, -0.2) is 0 Å². The van der Waals surface area contributed by atoms with Crippen molar-refractivity contribution in [1.82, 2.24) is 20.4 Å². The minimum Gasteiger partial charge on any atom is -0.357 e. The summed E-state index contributed by atoms with van der Waals surface area (Å²) in [6.45, 7) is 11.5. The third-order valence-corrected chi connectivity index (χ3v) is 5.49. The van der Waals surface area contributed by atoms with Crippen LogP contribution in [0.5, 0.6) is 0 Å². The summed E-state index contributed by atoms with van der Waals surface area (Å²) in [5, 5.41) is 6.62. The zero-order valence-electron chi connectivity index (χ0n) is 18.8. The van der Waals surface area contributed by atoms with Gasteiger partial charge >= 0.3 is 6.18 Å². The lowest BCUT2D eigenvalue weighted by molar-refractivity contribution is -0.137. The molecule has 0 bridgehead atoms. The summed E-state index contributed by atoms with van der Waals surface area (Å²) in [5.74, 6) is 0.772. The second kappa shape index (κ2) is 14.2. The molecule has 1 heterocycles. The van der Waals surface area contributed by atoms with Crippen molar-refractivity contribution in [1.29, 1.82) is 0 Å². The van der Waals surface area contributed by atoms with Crippen molar-refractivity contribution in [2.45, 2.75) is 38.8 Å². The molecule has 1 aliphatic heterocycles. The van der Waals surface area contributed by atoms with Crippen LogP contribution < -0.4 is 10.6 Å². The van der Waals surface area contributed by atoms with Gasteiger partial charge < -0.3 is 20.4 Å². The lowest BCUT2D eigenvalue weighted by Crippen LogP contribution is -2.42. The number of nitrogens with one attached hydrogen (secondary N) is 2. The lowest BCUT2D eigenvalue weighted by Gasteiger charge is -2.21. The number of hydrogen-bond acceptors (Lipinski definition) is 3. The van der Waals surface area contributed by atoms with Crippen LogP contribution in [0.4, 0.5) is 13.2 Å². The van der Waals surface area contributed by atoms with Gasteiger partial charge in [0.25, 0.3) is 0 Å². The molecule has 1 unspecified atom stereocenters. The molecule has 0 aliphatic carbocycles. The standard InChI is InChI=1S/C22H36F3N5.HI/c1-4-26-21(28-11-14-30-13-6-12-29(3)15-16-30)27-10-9-18(2)19-7-5-8-20(17-19)22(23,24)25;/h5,7-8,17-18H,4,6,9-16H2,1-3H3,(H2,26,27,28);1H. The van der Waals surface area contributed by atoms with E-state index in [1.807, 2.05) is 13.8 Å². The van der Waals surface area contributed by atoms with E-state index in [-0.39, 0.29) is 29.9 Å². The molecular weight excluding hydrogens is 518 g/mol. The maximum Gasteiger partial charge on any atom is 0.416 e. The first-order chi connectivity index (χ1) is 14.3. The Kier molecular flexibility index (Phi) is 12.8. The molecular formula is C22H37F3IN5. The maximum absolute atomic E-state index is 12.9. The number of halogens is 4. The predicted molar refractivity (Wildman–Crippen MR) is 132 cm³/mol. The third kappa shape index (κ3) is 10.4. The van der Waals surface area contributed by atoms with E-state index < -0.39 is 11.7 Å². The highest BCUT2D eigenvalue weighted by Crippen LogP contribution is 2.31. The van der Waals surface area contributed by atoms with E-state index in [0.29, 0.717) is 18.5 Å². The summed E-state index contributed by atoms with van der Waals surface area (Å²) < 4.78 is 38.8. The van der Waals surface area contributed by atoms with Crippen LogP contribution in [0.1, 0.15) is 43.7 Å². The number of guanidine groups is 1. The van der Waals surface area contributed by atoms with E-state index in [1.165, 1.54) is 18.6 Å². The van der Waals surface area contributed by atoms with Crippen molar-refractivity contribution >= 4 is 29.9 Å². The van der Waals surface area contributed by atoms with Crippen LogP contribution >= 0.6 is 24.0 Å². The Bertz CT molecular complexity index is 669. The van der Waals surface area contributed by atoms with E-state index in [4.69, 9.17) is 0 Å². The number of nitrogens with zero attached hydrogens (tertiary/aromatic N) is 3. The zero-order chi connectivity index (χ0) is 22.0. The van der Waals surface area contributed by atoms with Crippen LogP contribution in [-0.2, 0) is 6.18 Å². The van der Waals surface area contributed by atoms with Gasteiger partial charge in [0, 0.05) is 39.3 Å². The van der Waals surface area contributed by atoms with Gasteiger partial charge in [0.15, 0.2) is 5.96 Å². The van der Waals surface area contributed by atoms with Gasteiger partial charge in [-0.2, -0.15) is 13.2 Å². The van der Waals surface area contributed by atoms with Crippen LogP contribution in [0.3, 0.4) is 0 Å². The number of benzene rings is 1. The van der Waals surface area contributed by atoms with E-state index in [1.54, 1.807) is 6.07 Å². The fourth-order valence-corrected chi connectivity index (χ4v) is 3.56. The van der Waals surface area contributed by atoms with Crippen LogP contribution in [0.15, 0.2) is 29.3 Å². The quantitative estimate of drug-likeness (QED) is 0.289. The van der Waals surface area contributed by atoms with Gasteiger partial charge in [-0.05, 0) is 57.5 Å². The predicted octanol–water partition coefficient (Wildman–Crippen LogP) is 4.01. The molecule has 0 radical (unpaired) electrons. The smallest absolute Gasteiger partial charge is 0.357 e. The van der Waals surface area contributed by atoms with Crippen LogP contribution in [0.25, 0.3) is 0 Å². The normalized spacial score (nSPS) is 17.5. The molecule has 1 aliphatic rings. The van der Waals surface area contributed by atoms with E-state index in [0.717, 1.165) is 57.8 Å². The van der Waals surface area contributed by atoms with E-state index >= 15 is 0 Å². The van der Waals surface area contributed by atoms with Gasteiger partial charge in [0.05, 0.1) is 5.56 Å². The molecule has 2 N–H and O–H groups in total. The minimum atomic E-state index is -4.31. The molecule has 1 fully saturated rings. The SMILES string of the molecule is CCNC(=NCCC(C)c1cccc(C(F)(F)F)c1)NCCN1CCCN(C)CC1.I. The Morgan fingerprint density at radius 3 is 2.65 bits per heavy atom. The summed E-state index contributed by atoms with van der Waals surface area (Å²) in [5.41, 5.74) is 0.106. The summed E-state index contributed by atoms with van der Waals surface area (Å²) in [6, 6.07) is 5.59. The molecule has 5 nitrogen and oxygen atoms in total. The molecule has 1 saturated heterocycles. The van der Waals surface area contributed by atoms with Crippen molar-refractivity contribution in [2.75, 3.05) is 59.4 Å². The van der Waals surface area contributed by atoms with Crippen LogP contribution in [0.2, 0.25) is 0 Å². The third-order valence-electron chi connectivity index (χ3n) is 5.49. The molecule has 9 heteroatoms. The summed E-state index contributed by atoms with van der Waals surface area (Å²) >= 11 is 0. The molecule has 1 aromatic rings. The number of likely N-dealkylation sites (N-methyl/N-ethyl adjacent to an activating group) is 1. The maximum atomic E-state index is 12.9. The van der Waals surface area contributed by atoms with Crippen molar-refractivity contribution in [3.63, 3.8) is 0 Å². The largest absolute Gasteiger partial charge is 0.416 e. The molecule has 0 aromatic heterocycles. The van der Waals surface area contributed by atoms with Crippen LogP contribution in [0, 0.1) is 0 Å². The first-order valence-corrected chi connectivity index (χ1v) is 10.9. The van der Waals surface area contributed by atoms with Crippen LogP contribution in [-0.4, -0.2) is 75.2 Å².